The predicted molar refractivity (Wildman–Crippen MR) is 70.1 cm³/mol. The Morgan fingerprint density at radius 3 is 2.31 bits per heavy atom. The average Bonchev–Trinajstić information content (AvgIpc) is 2.20. The summed E-state index contributed by atoms with van der Waals surface area (Å²) in [5.74, 6) is 0.584. The van der Waals surface area contributed by atoms with Crippen LogP contribution >= 0.6 is 12.2 Å². The lowest BCUT2D eigenvalue weighted by Gasteiger charge is -2.44. The molecule has 3 nitrogen and oxygen atoms in total. The second-order valence-electron chi connectivity index (χ2n) is 4.95. The van der Waals surface area contributed by atoms with Gasteiger partial charge >= 0.3 is 0 Å². The largest absolute Gasteiger partial charge is 0.392 e. The second kappa shape index (κ2) is 5.13. The summed E-state index contributed by atoms with van der Waals surface area (Å²) in [5, 5.41) is 3.05. The Kier molecular flexibility index (Phi) is 4.30. The second-order valence-corrected chi connectivity index (χ2v) is 5.39. The molecule has 0 unspecified atom stereocenters. The first kappa shape index (κ1) is 13.4. The Balaban J connectivity index is 2.67. The van der Waals surface area contributed by atoms with Crippen molar-refractivity contribution in [3.8, 4) is 0 Å². The van der Waals surface area contributed by atoms with Gasteiger partial charge in [0.25, 0.3) is 0 Å². The van der Waals surface area contributed by atoms with Crippen LogP contribution in [-0.2, 0) is 4.79 Å². The molecular weight excluding hydrogens is 220 g/mol. The zero-order chi connectivity index (χ0) is 12.3. The normalized spacial score (nSPS) is 28.6. The maximum Gasteiger partial charge on any atom is 0.233 e. The minimum absolute atomic E-state index is 0.0341. The summed E-state index contributed by atoms with van der Waals surface area (Å²) in [6.45, 7) is 6.28. The van der Waals surface area contributed by atoms with Crippen molar-refractivity contribution in [1.82, 2.24) is 5.32 Å². The molecular formula is C12H22N2OS. The molecule has 1 aliphatic carbocycles. The summed E-state index contributed by atoms with van der Waals surface area (Å²) < 4.78 is 0. The number of amides is 1. The third-order valence-electron chi connectivity index (χ3n) is 3.62. The van der Waals surface area contributed by atoms with Gasteiger partial charge in [0.15, 0.2) is 0 Å². The highest BCUT2D eigenvalue weighted by atomic mass is 32.1. The molecule has 1 aliphatic rings. The molecule has 16 heavy (non-hydrogen) atoms. The average molecular weight is 242 g/mol. The van der Waals surface area contributed by atoms with Crippen LogP contribution in [0.3, 0.4) is 0 Å². The fraction of sp³-hybridized carbons (Fsp3) is 0.833. The molecule has 0 bridgehead atoms. The first-order valence-corrected chi connectivity index (χ1v) is 6.48. The molecule has 92 valence electrons. The van der Waals surface area contributed by atoms with E-state index in [0.29, 0.717) is 10.9 Å². The van der Waals surface area contributed by atoms with Gasteiger partial charge in [0.05, 0.1) is 10.4 Å². The predicted octanol–water partition coefficient (Wildman–Crippen LogP) is 1.99. The smallest absolute Gasteiger partial charge is 0.233 e. The van der Waals surface area contributed by atoms with Crippen molar-refractivity contribution in [1.29, 1.82) is 0 Å². The number of thiocarbonyl (C=S) groups is 1. The molecule has 0 saturated heterocycles. The minimum atomic E-state index is -0.558. The highest BCUT2D eigenvalue weighted by Gasteiger charge is 2.50. The summed E-state index contributed by atoms with van der Waals surface area (Å²) in [6.07, 6.45) is 3.50. The van der Waals surface area contributed by atoms with Gasteiger partial charge in [0.1, 0.15) is 0 Å². The highest BCUT2D eigenvalue weighted by molar-refractivity contribution is 7.80. The van der Waals surface area contributed by atoms with Crippen molar-refractivity contribution in [3.05, 3.63) is 0 Å². The van der Waals surface area contributed by atoms with Crippen LogP contribution in [-0.4, -0.2) is 16.9 Å². The molecule has 0 spiro atoms. The zero-order valence-corrected chi connectivity index (χ0v) is 11.2. The Hall–Kier alpha value is -0.640. The first-order chi connectivity index (χ1) is 7.46. The van der Waals surface area contributed by atoms with Crippen molar-refractivity contribution in [2.45, 2.75) is 52.5 Å². The Labute approximate surface area is 103 Å². The summed E-state index contributed by atoms with van der Waals surface area (Å²) in [5.41, 5.74) is 5.17. The number of hydrogen-bond acceptors (Lipinski definition) is 2. The number of hydrogen-bond donors (Lipinski definition) is 2. The van der Waals surface area contributed by atoms with Crippen molar-refractivity contribution in [2.24, 2.45) is 17.1 Å². The number of nitrogens with one attached hydrogen (secondary N) is 1. The first-order valence-electron chi connectivity index (χ1n) is 6.07. The van der Waals surface area contributed by atoms with E-state index in [-0.39, 0.29) is 11.9 Å². The van der Waals surface area contributed by atoms with Gasteiger partial charge in [-0.2, -0.15) is 0 Å². The molecule has 0 aliphatic heterocycles. The summed E-state index contributed by atoms with van der Waals surface area (Å²) in [6, 6.07) is 0.245. The van der Waals surface area contributed by atoms with E-state index in [9.17, 15) is 4.79 Å². The molecule has 0 aromatic carbocycles. The van der Waals surface area contributed by atoms with E-state index in [2.05, 4.69) is 26.1 Å². The fourth-order valence-electron chi connectivity index (χ4n) is 2.44. The van der Waals surface area contributed by atoms with E-state index in [1.54, 1.807) is 0 Å². The monoisotopic (exact) mass is 242 g/mol. The van der Waals surface area contributed by atoms with E-state index < -0.39 is 5.41 Å². The van der Waals surface area contributed by atoms with Gasteiger partial charge in [0, 0.05) is 6.04 Å². The van der Waals surface area contributed by atoms with E-state index >= 15 is 0 Å². The molecule has 0 aromatic rings. The third-order valence-corrected chi connectivity index (χ3v) is 4.01. The van der Waals surface area contributed by atoms with Crippen molar-refractivity contribution >= 4 is 23.1 Å². The van der Waals surface area contributed by atoms with Crippen LogP contribution in [0.5, 0.6) is 0 Å². The van der Waals surface area contributed by atoms with Gasteiger partial charge in [0.2, 0.25) is 5.91 Å². The van der Waals surface area contributed by atoms with Crippen LogP contribution in [0.25, 0.3) is 0 Å². The molecule has 1 amide bonds. The van der Waals surface area contributed by atoms with Crippen LogP contribution in [0.15, 0.2) is 0 Å². The molecule has 0 radical (unpaired) electrons. The highest BCUT2D eigenvalue weighted by Crippen LogP contribution is 2.46. The molecule has 0 aromatic heterocycles. The minimum Gasteiger partial charge on any atom is -0.392 e. The number of nitrogens with two attached hydrogens (primary N) is 1. The summed E-state index contributed by atoms with van der Waals surface area (Å²) >= 11 is 5.05. The van der Waals surface area contributed by atoms with Crippen LogP contribution in [0.2, 0.25) is 0 Å². The van der Waals surface area contributed by atoms with Crippen LogP contribution < -0.4 is 11.1 Å². The Bertz CT molecular complexity index is 281. The lowest BCUT2D eigenvalue weighted by molar-refractivity contribution is -0.133. The van der Waals surface area contributed by atoms with Crippen molar-refractivity contribution < 1.29 is 4.79 Å². The Morgan fingerprint density at radius 1 is 1.50 bits per heavy atom. The lowest BCUT2D eigenvalue weighted by Crippen LogP contribution is -2.57. The van der Waals surface area contributed by atoms with Gasteiger partial charge in [-0.05, 0) is 31.6 Å². The number of carbonyl (C=O) groups excluding carboxylic acids is 1. The SMILES string of the molecule is CCC(CC)NC(=O)C1(C(N)=S)CC(C)C1. The molecule has 0 heterocycles. The molecule has 4 heteroatoms. The van der Waals surface area contributed by atoms with E-state index in [0.717, 1.165) is 25.7 Å². The molecule has 1 saturated carbocycles. The van der Waals surface area contributed by atoms with Crippen LogP contribution in [0.1, 0.15) is 46.5 Å². The van der Waals surface area contributed by atoms with Gasteiger partial charge in [-0.15, -0.1) is 0 Å². The van der Waals surface area contributed by atoms with Crippen LogP contribution in [0.4, 0.5) is 0 Å². The number of rotatable bonds is 5. The molecule has 1 fully saturated rings. The van der Waals surface area contributed by atoms with Gasteiger partial charge in [-0.3, -0.25) is 4.79 Å². The fourth-order valence-corrected chi connectivity index (χ4v) is 2.70. The maximum atomic E-state index is 12.2. The third kappa shape index (κ3) is 2.37. The lowest BCUT2D eigenvalue weighted by atomic mass is 9.62. The van der Waals surface area contributed by atoms with E-state index in [1.165, 1.54) is 0 Å². The van der Waals surface area contributed by atoms with Gasteiger partial charge in [-0.25, -0.2) is 0 Å². The zero-order valence-electron chi connectivity index (χ0n) is 10.4. The van der Waals surface area contributed by atoms with Crippen molar-refractivity contribution in [3.63, 3.8) is 0 Å². The van der Waals surface area contributed by atoms with E-state index in [1.807, 2.05) is 0 Å². The summed E-state index contributed by atoms with van der Waals surface area (Å²) in [7, 11) is 0. The summed E-state index contributed by atoms with van der Waals surface area (Å²) in [4.78, 5) is 12.5. The molecule has 0 atom stereocenters. The standard InChI is InChI=1S/C12H22N2OS/c1-4-9(5-2)14-11(15)12(10(13)16)6-8(3)7-12/h8-9H,4-7H2,1-3H3,(H2,13,16)(H,14,15). The Morgan fingerprint density at radius 2 is 2.00 bits per heavy atom. The van der Waals surface area contributed by atoms with Crippen LogP contribution in [0, 0.1) is 11.3 Å². The molecule has 3 N–H and O–H groups in total. The van der Waals surface area contributed by atoms with Crippen molar-refractivity contribution in [2.75, 3.05) is 0 Å². The number of carbonyl (C=O) groups is 1. The van der Waals surface area contributed by atoms with Gasteiger partial charge in [-0.1, -0.05) is 33.0 Å². The van der Waals surface area contributed by atoms with E-state index in [4.69, 9.17) is 18.0 Å². The maximum absolute atomic E-state index is 12.2. The van der Waals surface area contributed by atoms with Gasteiger partial charge < -0.3 is 11.1 Å². The molecule has 1 rings (SSSR count). The quantitative estimate of drug-likeness (QED) is 0.725. The topological polar surface area (TPSA) is 55.1 Å².